The van der Waals surface area contributed by atoms with Gasteiger partial charge in [0.2, 0.25) is 0 Å². The lowest BCUT2D eigenvalue weighted by Crippen LogP contribution is -2.51. The standard InChI is InChI=1S/C39H24BF2I6N5S2/c1-19-27(36-30(43)32(45)38(47)54-36)25(9-3-21-11-15-50-16-12-21)52-34(19)29(23-5-7-24(49)8-6-23)35-20(2)28(37-31(44)33(46)39(48)55-37)26(53(35)40(52,41)42)10-4-22-13-17-51-18-14-22/h3-18H,49H2,1-2H3/b9-3+,10-4+. The van der Waals surface area contributed by atoms with Gasteiger partial charge in [-0.1, -0.05) is 18.2 Å². The lowest BCUT2D eigenvalue weighted by atomic mass is 9.83. The second-order valence-corrected chi connectivity index (χ2v) is 22.7. The van der Waals surface area contributed by atoms with E-state index in [2.05, 4.69) is 146 Å². The molecule has 55 heavy (non-hydrogen) atoms. The fraction of sp³-hybridized carbons (Fsp3) is 0.0513. The molecule has 2 aliphatic heterocycles. The molecule has 5 aromatic heterocycles. The summed E-state index contributed by atoms with van der Waals surface area (Å²) in [5.41, 5.74) is 15.2. The second kappa shape index (κ2) is 16.2. The molecular formula is C39H24BF2I6N5S2. The maximum absolute atomic E-state index is 18.6. The fourth-order valence-corrected chi connectivity index (χ4v) is 15.5. The fourth-order valence-electron chi connectivity index (χ4n) is 7.13. The summed E-state index contributed by atoms with van der Waals surface area (Å²) in [7, 11) is 0. The highest BCUT2D eigenvalue weighted by molar-refractivity contribution is 14.1. The van der Waals surface area contributed by atoms with E-state index in [1.54, 1.807) is 47.5 Å². The lowest BCUT2D eigenvalue weighted by molar-refractivity contribution is -0.361. The van der Waals surface area contributed by atoms with Crippen LogP contribution in [0.3, 0.4) is 0 Å². The van der Waals surface area contributed by atoms with E-state index in [0.29, 0.717) is 28.5 Å². The average Bonchev–Trinajstić information content (AvgIpc) is 3.82. The van der Waals surface area contributed by atoms with Crippen molar-refractivity contribution in [2.24, 2.45) is 0 Å². The Morgan fingerprint density at radius 1 is 0.691 bits per heavy atom. The van der Waals surface area contributed by atoms with Crippen LogP contribution < -0.4 is 5.73 Å². The summed E-state index contributed by atoms with van der Waals surface area (Å²) in [5, 5.41) is 0. The molecule has 0 bridgehead atoms. The Kier molecular flexibility index (Phi) is 12.0. The number of hydrogen-bond acceptors (Lipinski definition) is 5. The first kappa shape index (κ1) is 40.7. The van der Waals surface area contributed by atoms with Crippen LogP contribution in [0.25, 0.3) is 39.8 Å². The molecule has 16 heteroatoms. The van der Waals surface area contributed by atoms with Crippen LogP contribution in [-0.4, -0.2) is 31.6 Å². The third kappa shape index (κ3) is 7.11. The number of pyridine rings is 2. The summed E-state index contributed by atoms with van der Waals surface area (Å²) in [6, 6.07) is 15.1. The van der Waals surface area contributed by atoms with Crippen molar-refractivity contribution in [2.75, 3.05) is 5.73 Å². The summed E-state index contributed by atoms with van der Waals surface area (Å²) in [4.78, 5) is 10.3. The topological polar surface area (TPSA) is 59.7 Å². The molecule has 0 saturated carbocycles. The number of anilines is 1. The first-order valence-electron chi connectivity index (χ1n) is 16.5. The summed E-state index contributed by atoms with van der Waals surface area (Å²) < 4.78 is 46.4. The number of fused-ring (bicyclic) bond motifs is 2. The number of nitrogens with zero attached hydrogens (tertiary/aromatic N) is 4. The Hall–Kier alpha value is -1.07. The van der Waals surface area contributed by atoms with Crippen molar-refractivity contribution in [1.82, 2.24) is 14.4 Å². The highest BCUT2D eigenvalue weighted by Gasteiger charge is 2.58. The normalized spacial score (nSPS) is 15.3. The molecule has 1 aromatic carbocycles. The smallest absolute Gasteiger partial charge is 0.399 e. The van der Waals surface area contributed by atoms with Crippen molar-refractivity contribution in [3.8, 4) is 10.4 Å². The predicted molar refractivity (Wildman–Crippen MR) is 278 cm³/mol. The molecule has 0 fully saturated rings. The van der Waals surface area contributed by atoms with Crippen LogP contribution in [0, 0.1) is 27.0 Å². The summed E-state index contributed by atoms with van der Waals surface area (Å²) >= 11 is 17.5. The van der Waals surface area contributed by atoms with Gasteiger partial charge in [0.1, 0.15) is 0 Å². The van der Waals surface area contributed by atoms with E-state index in [-0.39, 0.29) is 0 Å². The molecule has 0 radical (unpaired) electrons. The minimum atomic E-state index is -4.50. The largest absolute Gasteiger partial charge is 0.737 e. The van der Waals surface area contributed by atoms with Crippen LogP contribution in [0.4, 0.5) is 14.3 Å². The van der Waals surface area contributed by atoms with Crippen LogP contribution in [-0.2, 0) is 0 Å². The Morgan fingerprint density at radius 3 is 1.75 bits per heavy atom. The van der Waals surface area contributed by atoms with Gasteiger partial charge >= 0.3 is 6.97 Å². The van der Waals surface area contributed by atoms with Gasteiger partial charge in [0.05, 0.1) is 33.8 Å². The molecule has 6 aromatic rings. The minimum absolute atomic E-state index is 0.451. The molecule has 0 spiro atoms. The van der Waals surface area contributed by atoms with Crippen LogP contribution in [0.1, 0.15) is 45.4 Å². The van der Waals surface area contributed by atoms with Crippen molar-refractivity contribution >= 4 is 206 Å². The third-order valence-electron chi connectivity index (χ3n) is 9.51. The number of hydrogen-bond donors (Lipinski definition) is 1. The molecule has 0 saturated heterocycles. The average molecular weight is 1440 g/mol. The number of nitrogen functional groups attached to an aromatic ring is 1. The maximum Gasteiger partial charge on any atom is 0.737 e. The van der Waals surface area contributed by atoms with E-state index in [0.717, 1.165) is 74.3 Å². The molecule has 2 N–H and O–H groups in total. The number of rotatable bonds is 7. The number of halogens is 8. The van der Waals surface area contributed by atoms with Crippen LogP contribution in [0.5, 0.6) is 0 Å². The van der Waals surface area contributed by atoms with Crippen molar-refractivity contribution < 1.29 is 13.1 Å². The number of thiophene rings is 2. The Bertz CT molecular complexity index is 2720. The van der Waals surface area contributed by atoms with Gasteiger partial charge < -0.3 is 23.3 Å². The molecule has 276 valence electrons. The zero-order valence-electron chi connectivity index (χ0n) is 28.5. The van der Waals surface area contributed by atoms with E-state index < -0.39 is 6.97 Å². The zero-order chi connectivity index (χ0) is 38.9. The first-order chi connectivity index (χ1) is 26.3. The second-order valence-electron chi connectivity index (χ2n) is 12.7. The van der Waals surface area contributed by atoms with Crippen molar-refractivity contribution in [3.05, 3.63) is 149 Å². The van der Waals surface area contributed by atoms with Gasteiger partial charge in [-0.2, -0.15) is 0 Å². The van der Waals surface area contributed by atoms with Gasteiger partial charge in [-0.15, -0.1) is 22.7 Å². The molecule has 7 heterocycles. The maximum atomic E-state index is 18.6. The number of aromatic nitrogens is 3. The van der Waals surface area contributed by atoms with Crippen molar-refractivity contribution in [1.29, 1.82) is 0 Å². The summed E-state index contributed by atoms with van der Waals surface area (Å²) in [6.07, 6.45) is 14.4. The molecule has 8 rings (SSSR count). The number of benzene rings is 1. The van der Waals surface area contributed by atoms with E-state index in [4.69, 9.17) is 5.73 Å². The van der Waals surface area contributed by atoms with Gasteiger partial charge in [-0.05, 0) is 220 Å². The van der Waals surface area contributed by atoms with Crippen molar-refractivity contribution in [2.45, 2.75) is 13.8 Å². The Morgan fingerprint density at radius 2 is 1.22 bits per heavy atom. The molecule has 0 unspecified atom stereocenters. The molecule has 0 aliphatic carbocycles. The number of nitrogens with two attached hydrogens (primary N) is 1. The van der Waals surface area contributed by atoms with E-state index in [1.165, 1.54) is 8.96 Å². The SMILES string of the molecule is CC1=C(c2sc(I)c(I)c2I)C(/C=C/c2ccncc2)=[N+]2C1=C(c1ccc(N)cc1)c1c(C)c(-c3sc(I)c(I)c3I)c(/C=C/c3ccncc3)n1[B-]2(F)F. The summed E-state index contributed by atoms with van der Waals surface area (Å²) in [6.45, 7) is -0.505. The van der Waals surface area contributed by atoms with Crippen molar-refractivity contribution in [3.63, 3.8) is 0 Å². The number of allylic oxidation sites excluding steroid dienone is 3. The van der Waals surface area contributed by atoms with Crippen LogP contribution >= 0.6 is 158 Å². The molecule has 2 aliphatic rings. The van der Waals surface area contributed by atoms with Gasteiger partial charge in [-0.25, -0.2) is 0 Å². The highest BCUT2D eigenvalue weighted by atomic mass is 127. The molecule has 0 amide bonds. The quantitative estimate of drug-likeness (QED) is 0.0984. The van der Waals surface area contributed by atoms with Crippen LogP contribution in [0.15, 0.2) is 90.7 Å². The van der Waals surface area contributed by atoms with Crippen LogP contribution in [0.2, 0.25) is 0 Å². The Labute approximate surface area is 406 Å². The van der Waals surface area contributed by atoms with E-state index in [1.807, 2.05) is 86.7 Å². The lowest BCUT2D eigenvalue weighted by Gasteiger charge is -2.34. The monoisotopic (exact) mass is 1440 g/mol. The first-order valence-corrected chi connectivity index (χ1v) is 24.6. The Balaban J connectivity index is 1.55. The molecular weight excluding hydrogens is 1410 g/mol. The zero-order valence-corrected chi connectivity index (χ0v) is 43.1. The predicted octanol–water partition coefficient (Wildman–Crippen LogP) is 13.4. The third-order valence-corrected chi connectivity index (χ3v) is 23.8. The molecule has 0 atom stereocenters. The van der Waals surface area contributed by atoms with Gasteiger partial charge in [-0.3, -0.25) is 9.97 Å². The molecule has 5 nitrogen and oxygen atoms in total. The highest BCUT2D eigenvalue weighted by Crippen LogP contribution is 2.53. The van der Waals surface area contributed by atoms with E-state index >= 15 is 8.63 Å². The van der Waals surface area contributed by atoms with Gasteiger partial charge in [0.25, 0.3) is 0 Å². The minimum Gasteiger partial charge on any atom is -0.399 e. The van der Waals surface area contributed by atoms with Gasteiger partial charge in [0, 0.05) is 66.2 Å². The van der Waals surface area contributed by atoms with Gasteiger partial charge in [0.15, 0.2) is 11.4 Å². The summed E-state index contributed by atoms with van der Waals surface area (Å²) in [5.74, 6) is 0. The van der Waals surface area contributed by atoms with E-state index in [9.17, 15) is 0 Å².